The molecule has 0 radical (unpaired) electrons. The van der Waals surface area contributed by atoms with Crippen LogP contribution in [0.15, 0.2) is 46.2 Å². The highest BCUT2D eigenvalue weighted by Crippen LogP contribution is 2.36. The highest BCUT2D eigenvalue weighted by molar-refractivity contribution is 8.00. The number of benzene rings is 2. The Kier molecular flexibility index (Phi) is 4.95. The summed E-state index contributed by atoms with van der Waals surface area (Å²) in [6.07, 6.45) is 0.352. The normalized spacial score (nSPS) is 17.4. The number of anilines is 2. The average molecular weight is 401 g/mol. The third-order valence-electron chi connectivity index (χ3n) is 3.51. The minimum Gasteiger partial charge on any atom is -0.325 e. The molecule has 0 unspecified atom stereocenters. The highest BCUT2D eigenvalue weighted by Gasteiger charge is 2.22. The molecule has 0 spiro atoms. The maximum atomic E-state index is 13.1. The average Bonchev–Trinajstić information content (AvgIpc) is 2.65. The number of carbonyl (C=O) groups excluding carboxylic acids is 1. The van der Waals surface area contributed by atoms with Gasteiger partial charge in [0.1, 0.15) is 5.82 Å². The number of halogens is 2. The standard InChI is InChI=1S/C16H14ClFN2O3S2/c1-9-6-16(21)19-14-8-11(3-5-15(14)24-9)25(22,23)20-13-4-2-10(18)7-12(13)17/h2-5,7-9,20H,6H2,1H3,(H,19,21)/t9-/m0/s1. The van der Waals surface area contributed by atoms with Gasteiger partial charge in [0.05, 0.1) is 21.3 Å². The molecule has 1 heterocycles. The molecule has 5 nitrogen and oxygen atoms in total. The van der Waals surface area contributed by atoms with E-state index in [2.05, 4.69) is 10.0 Å². The molecule has 2 N–H and O–H groups in total. The minimum absolute atomic E-state index is 0.0258. The quantitative estimate of drug-likeness (QED) is 0.813. The van der Waals surface area contributed by atoms with Gasteiger partial charge in [-0.05, 0) is 36.4 Å². The Morgan fingerprint density at radius 3 is 2.76 bits per heavy atom. The molecule has 0 fully saturated rings. The lowest BCUT2D eigenvalue weighted by atomic mass is 10.3. The van der Waals surface area contributed by atoms with Crippen molar-refractivity contribution in [2.75, 3.05) is 10.0 Å². The second kappa shape index (κ2) is 6.86. The van der Waals surface area contributed by atoms with Gasteiger partial charge in [0.2, 0.25) is 5.91 Å². The molecule has 25 heavy (non-hydrogen) atoms. The first-order valence-electron chi connectivity index (χ1n) is 7.33. The Morgan fingerprint density at radius 2 is 2.04 bits per heavy atom. The van der Waals surface area contributed by atoms with Crippen LogP contribution in [0.1, 0.15) is 13.3 Å². The molecule has 0 saturated heterocycles. The molecule has 0 saturated carbocycles. The molecule has 0 bridgehead atoms. The van der Waals surface area contributed by atoms with Crippen molar-refractivity contribution < 1.29 is 17.6 Å². The lowest BCUT2D eigenvalue weighted by Gasteiger charge is -2.12. The van der Waals surface area contributed by atoms with Gasteiger partial charge in [0.25, 0.3) is 10.0 Å². The molecule has 9 heteroatoms. The zero-order chi connectivity index (χ0) is 18.2. The Balaban J connectivity index is 1.94. The zero-order valence-electron chi connectivity index (χ0n) is 13.0. The van der Waals surface area contributed by atoms with Gasteiger partial charge in [-0.3, -0.25) is 9.52 Å². The predicted molar refractivity (Wildman–Crippen MR) is 97.2 cm³/mol. The van der Waals surface area contributed by atoms with Crippen LogP contribution in [0.5, 0.6) is 0 Å². The summed E-state index contributed by atoms with van der Waals surface area (Å²) in [5, 5.41) is 2.77. The first-order valence-corrected chi connectivity index (χ1v) is 10.1. The summed E-state index contributed by atoms with van der Waals surface area (Å²) in [5.74, 6) is -0.727. The molecule has 2 aromatic rings. The molecular weight excluding hydrogens is 387 g/mol. The van der Waals surface area contributed by atoms with Crippen LogP contribution in [0, 0.1) is 5.82 Å². The summed E-state index contributed by atoms with van der Waals surface area (Å²) in [5.41, 5.74) is 0.525. The van der Waals surface area contributed by atoms with E-state index in [0.29, 0.717) is 12.1 Å². The van der Waals surface area contributed by atoms with E-state index in [9.17, 15) is 17.6 Å². The van der Waals surface area contributed by atoms with Crippen LogP contribution >= 0.6 is 23.4 Å². The number of carbonyl (C=O) groups is 1. The van der Waals surface area contributed by atoms with Crippen LogP contribution in [0.25, 0.3) is 0 Å². The van der Waals surface area contributed by atoms with Crippen molar-refractivity contribution in [1.29, 1.82) is 0 Å². The Bertz CT molecular complexity index is 950. The van der Waals surface area contributed by atoms with Crippen molar-refractivity contribution in [3.05, 3.63) is 47.2 Å². The van der Waals surface area contributed by atoms with Crippen LogP contribution in [0.3, 0.4) is 0 Å². The minimum atomic E-state index is -3.94. The smallest absolute Gasteiger partial charge is 0.262 e. The van der Waals surface area contributed by atoms with E-state index in [0.717, 1.165) is 17.0 Å². The van der Waals surface area contributed by atoms with Crippen LogP contribution in [0.2, 0.25) is 5.02 Å². The first kappa shape index (κ1) is 18.0. The van der Waals surface area contributed by atoms with Gasteiger partial charge in [-0.2, -0.15) is 0 Å². The third kappa shape index (κ3) is 4.08. The van der Waals surface area contributed by atoms with Gasteiger partial charge >= 0.3 is 0 Å². The molecule has 2 aromatic carbocycles. The molecule has 3 rings (SSSR count). The maximum Gasteiger partial charge on any atom is 0.262 e. The van der Waals surface area contributed by atoms with Gasteiger partial charge in [-0.1, -0.05) is 18.5 Å². The summed E-state index contributed by atoms with van der Waals surface area (Å²) >= 11 is 7.37. The molecule has 0 aromatic heterocycles. The summed E-state index contributed by atoms with van der Waals surface area (Å²) in [4.78, 5) is 12.6. The van der Waals surface area contributed by atoms with Gasteiger partial charge in [0.15, 0.2) is 0 Å². The fraction of sp³-hybridized carbons (Fsp3) is 0.188. The van der Waals surface area contributed by atoms with Gasteiger partial charge in [-0.15, -0.1) is 11.8 Å². The number of sulfonamides is 1. The van der Waals surface area contributed by atoms with Crippen molar-refractivity contribution in [1.82, 2.24) is 0 Å². The maximum absolute atomic E-state index is 13.1. The van der Waals surface area contributed by atoms with Gasteiger partial charge in [-0.25, -0.2) is 12.8 Å². The summed E-state index contributed by atoms with van der Waals surface area (Å²) < 4.78 is 40.6. The molecule has 1 atom stereocenters. The highest BCUT2D eigenvalue weighted by atomic mass is 35.5. The molecular formula is C16H14ClFN2O3S2. The van der Waals surface area contributed by atoms with E-state index < -0.39 is 15.8 Å². The lowest BCUT2D eigenvalue weighted by molar-refractivity contribution is -0.116. The van der Waals surface area contributed by atoms with E-state index >= 15 is 0 Å². The van der Waals surface area contributed by atoms with Crippen LogP contribution in [-0.2, 0) is 14.8 Å². The number of amides is 1. The second-order valence-electron chi connectivity index (χ2n) is 5.57. The predicted octanol–water partition coefficient (Wildman–Crippen LogP) is 4.10. The fourth-order valence-corrected chi connectivity index (χ4v) is 4.80. The van der Waals surface area contributed by atoms with Crippen molar-refractivity contribution in [2.24, 2.45) is 0 Å². The monoisotopic (exact) mass is 400 g/mol. The van der Waals surface area contributed by atoms with Crippen LogP contribution < -0.4 is 10.0 Å². The summed E-state index contributed by atoms with van der Waals surface area (Å²) in [7, 11) is -3.94. The number of hydrogen-bond donors (Lipinski definition) is 2. The second-order valence-corrected chi connectivity index (χ2v) is 9.14. The van der Waals surface area contributed by atoms with Crippen molar-refractivity contribution in [2.45, 2.75) is 28.4 Å². The number of thioether (sulfide) groups is 1. The van der Waals surface area contributed by atoms with Crippen molar-refractivity contribution in [3.8, 4) is 0 Å². The largest absolute Gasteiger partial charge is 0.325 e. The van der Waals surface area contributed by atoms with E-state index in [-0.39, 0.29) is 26.8 Å². The molecule has 132 valence electrons. The van der Waals surface area contributed by atoms with Crippen molar-refractivity contribution >= 4 is 50.7 Å². The molecule has 1 amide bonds. The SMILES string of the molecule is C[C@H]1CC(=O)Nc2cc(S(=O)(=O)Nc3ccc(F)cc3Cl)ccc2S1. The first-order chi connectivity index (χ1) is 11.7. The zero-order valence-corrected chi connectivity index (χ0v) is 15.4. The molecule has 0 aliphatic carbocycles. The van der Waals surface area contributed by atoms with Gasteiger partial charge < -0.3 is 5.32 Å². The fourth-order valence-electron chi connectivity index (χ4n) is 2.37. The molecule has 1 aliphatic rings. The van der Waals surface area contributed by atoms with Crippen LogP contribution in [0.4, 0.5) is 15.8 Å². The van der Waals surface area contributed by atoms with E-state index in [1.54, 1.807) is 6.07 Å². The number of nitrogens with one attached hydrogen (secondary N) is 2. The number of rotatable bonds is 3. The summed E-state index contributed by atoms with van der Waals surface area (Å²) in [6.45, 7) is 1.93. The third-order valence-corrected chi connectivity index (χ3v) is 6.37. The molecule has 1 aliphatic heterocycles. The Hall–Kier alpha value is -1.77. The van der Waals surface area contributed by atoms with Crippen molar-refractivity contribution in [3.63, 3.8) is 0 Å². The van der Waals surface area contributed by atoms with E-state index in [1.807, 2.05) is 6.92 Å². The topological polar surface area (TPSA) is 75.3 Å². The summed E-state index contributed by atoms with van der Waals surface area (Å²) in [6, 6.07) is 7.89. The van der Waals surface area contributed by atoms with E-state index in [1.165, 1.54) is 30.0 Å². The number of hydrogen-bond acceptors (Lipinski definition) is 4. The Morgan fingerprint density at radius 1 is 1.28 bits per heavy atom. The van der Waals surface area contributed by atoms with E-state index in [4.69, 9.17) is 11.6 Å². The Labute approximate surface area is 154 Å². The van der Waals surface area contributed by atoms with Gasteiger partial charge in [0, 0.05) is 16.6 Å². The van der Waals surface area contributed by atoms with Crippen LogP contribution in [-0.4, -0.2) is 19.6 Å². The number of fused-ring (bicyclic) bond motifs is 1. The lowest BCUT2D eigenvalue weighted by Crippen LogP contribution is -2.15.